The number of hydrogen-bond donors (Lipinski definition) is 2. The molecule has 3 rings (SSSR count). The molecule has 3 aromatic rings. The van der Waals surface area contributed by atoms with Crippen molar-refractivity contribution in [3.63, 3.8) is 0 Å². The Morgan fingerprint density at radius 3 is 2.81 bits per heavy atom. The summed E-state index contributed by atoms with van der Waals surface area (Å²) >= 11 is 0. The van der Waals surface area contributed by atoms with Crippen molar-refractivity contribution in [3.8, 4) is 0 Å². The van der Waals surface area contributed by atoms with Gasteiger partial charge in [-0.2, -0.15) is 5.10 Å². The minimum Gasteiger partial charge on any atom is -0.346 e. The van der Waals surface area contributed by atoms with Gasteiger partial charge in [0.2, 0.25) is 0 Å². The largest absolute Gasteiger partial charge is 0.346 e. The summed E-state index contributed by atoms with van der Waals surface area (Å²) in [7, 11) is 0. The quantitative estimate of drug-likeness (QED) is 0.774. The Morgan fingerprint density at radius 1 is 1.24 bits per heavy atom. The summed E-state index contributed by atoms with van der Waals surface area (Å²) in [5.41, 5.74) is 3.34. The highest BCUT2D eigenvalue weighted by Gasteiger charge is 2.13. The summed E-state index contributed by atoms with van der Waals surface area (Å²) in [6.07, 6.45) is 1.66. The van der Waals surface area contributed by atoms with Crippen LogP contribution < -0.4 is 5.32 Å². The van der Waals surface area contributed by atoms with E-state index < -0.39 is 0 Å². The van der Waals surface area contributed by atoms with Gasteiger partial charge in [0, 0.05) is 29.4 Å². The number of nitrogens with zero attached hydrogens (tertiary/aromatic N) is 2. The van der Waals surface area contributed by atoms with Crippen molar-refractivity contribution >= 4 is 16.7 Å². The molecule has 0 spiro atoms. The highest BCUT2D eigenvalue weighted by molar-refractivity contribution is 6.05. The molecule has 2 aromatic heterocycles. The van der Waals surface area contributed by atoms with Crippen LogP contribution in [0.5, 0.6) is 0 Å². The van der Waals surface area contributed by atoms with Gasteiger partial charge in [0.15, 0.2) is 0 Å². The van der Waals surface area contributed by atoms with Crippen molar-refractivity contribution < 1.29 is 4.79 Å². The molecule has 0 saturated heterocycles. The number of hydrogen-bond acceptors (Lipinski definition) is 3. The summed E-state index contributed by atoms with van der Waals surface area (Å²) in [6, 6.07) is 9.63. The third-order valence-electron chi connectivity index (χ3n) is 3.60. The number of rotatable bonds is 3. The first kappa shape index (κ1) is 13.3. The van der Waals surface area contributed by atoms with Crippen LogP contribution in [0.15, 0.2) is 36.5 Å². The maximum absolute atomic E-state index is 12.4. The van der Waals surface area contributed by atoms with Crippen LogP contribution in [0.2, 0.25) is 0 Å². The second-order valence-corrected chi connectivity index (χ2v) is 4.98. The van der Waals surface area contributed by atoms with Gasteiger partial charge in [-0.1, -0.05) is 24.3 Å². The van der Waals surface area contributed by atoms with Crippen LogP contribution in [0.3, 0.4) is 0 Å². The van der Waals surface area contributed by atoms with Gasteiger partial charge in [0.05, 0.1) is 5.69 Å². The van der Waals surface area contributed by atoms with E-state index in [-0.39, 0.29) is 5.91 Å². The average Bonchev–Trinajstić information content (AvgIpc) is 2.83. The monoisotopic (exact) mass is 280 g/mol. The topological polar surface area (TPSA) is 70.7 Å². The van der Waals surface area contributed by atoms with Crippen LogP contribution in [0.25, 0.3) is 10.8 Å². The first-order valence-corrected chi connectivity index (χ1v) is 6.79. The molecule has 0 aliphatic heterocycles. The Hall–Kier alpha value is -2.69. The van der Waals surface area contributed by atoms with Gasteiger partial charge >= 0.3 is 0 Å². The predicted molar refractivity (Wildman–Crippen MR) is 81.0 cm³/mol. The molecule has 0 bridgehead atoms. The van der Waals surface area contributed by atoms with Crippen molar-refractivity contribution in [2.24, 2.45) is 0 Å². The smallest absolute Gasteiger partial charge is 0.270 e. The summed E-state index contributed by atoms with van der Waals surface area (Å²) in [4.78, 5) is 16.6. The van der Waals surface area contributed by atoms with Crippen molar-refractivity contribution in [2.45, 2.75) is 20.4 Å². The lowest BCUT2D eigenvalue weighted by Gasteiger charge is -2.07. The van der Waals surface area contributed by atoms with E-state index in [1.807, 2.05) is 44.2 Å². The molecule has 106 valence electrons. The normalized spacial score (nSPS) is 10.8. The number of pyridine rings is 1. The lowest BCUT2D eigenvalue weighted by atomic mass is 10.1. The number of aromatic amines is 1. The van der Waals surface area contributed by atoms with Gasteiger partial charge in [-0.05, 0) is 25.3 Å². The molecule has 2 N–H and O–H groups in total. The molecule has 21 heavy (non-hydrogen) atoms. The average molecular weight is 280 g/mol. The van der Waals surface area contributed by atoms with E-state index in [9.17, 15) is 4.79 Å². The summed E-state index contributed by atoms with van der Waals surface area (Å²) in [6.45, 7) is 4.30. The van der Waals surface area contributed by atoms with E-state index in [4.69, 9.17) is 0 Å². The van der Waals surface area contributed by atoms with E-state index in [0.717, 1.165) is 27.7 Å². The third kappa shape index (κ3) is 2.50. The van der Waals surface area contributed by atoms with Crippen molar-refractivity contribution in [1.82, 2.24) is 20.5 Å². The standard InChI is InChI=1S/C16H16N4O/c1-10-14(11(2)20-19-10)9-18-16(21)15-13-6-4-3-5-12(13)7-8-17-15/h3-8H,9H2,1-2H3,(H,18,21)(H,19,20). The van der Waals surface area contributed by atoms with Crippen LogP contribution in [0.4, 0.5) is 0 Å². The zero-order valence-electron chi connectivity index (χ0n) is 12.0. The highest BCUT2D eigenvalue weighted by atomic mass is 16.1. The number of aryl methyl sites for hydroxylation is 2. The van der Waals surface area contributed by atoms with Crippen molar-refractivity contribution in [2.75, 3.05) is 0 Å². The number of amides is 1. The zero-order chi connectivity index (χ0) is 14.8. The Kier molecular flexibility index (Phi) is 3.39. The predicted octanol–water partition coefficient (Wildman–Crippen LogP) is 2.50. The fourth-order valence-corrected chi connectivity index (χ4v) is 2.39. The fourth-order valence-electron chi connectivity index (χ4n) is 2.39. The first-order valence-electron chi connectivity index (χ1n) is 6.79. The lowest BCUT2D eigenvalue weighted by molar-refractivity contribution is 0.0947. The number of H-pyrrole nitrogens is 1. The number of nitrogens with one attached hydrogen (secondary N) is 2. The van der Waals surface area contributed by atoms with Gasteiger partial charge in [0.1, 0.15) is 5.69 Å². The molecule has 0 aliphatic rings. The molecule has 0 unspecified atom stereocenters. The summed E-state index contributed by atoms with van der Waals surface area (Å²) in [5.74, 6) is -0.174. The highest BCUT2D eigenvalue weighted by Crippen LogP contribution is 2.16. The van der Waals surface area contributed by atoms with Crippen LogP contribution in [-0.2, 0) is 6.54 Å². The minimum atomic E-state index is -0.174. The Labute approximate surface area is 122 Å². The number of carbonyl (C=O) groups excluding carboxylic acids is 1. The fraction of sp³-hybridized carbons (Fsp3) is 0.188. The molecular formula is C16H16N4O. The molecule has 0 saturated carbocycles. The molecule has 0 aliphatic carbocycles. The second-order valence-electron chi connectivity index (χ2n) is 4.98. The van der Waals surface area contributed by atoms with Crippen LogP contribution in [0.1, 0.15) is 27.4 Å². The second kappa shape index (κ2) is 5.36. The number of carbonyl (C=O) groups is 1. The molecule has 1 amide bonds. The van der Waals surface area contributed by atoms with Gasteiger partial charge < -0.3 is 5.32 Å². The molecule has 1 aromatic carbocycles. The van der Waals surface area contributed by atoms with Crippen LogP contribution in [0, 0.1) is 13.8 Å². The third-order valence-corrected chi connectivity index (χ3v) is 3.60. The van der Waals surface area contributed by atoms with Gasteiger partial charge in [0.25, 0.3) is 5.91 Å². The number of aromatic nitrogens is 3. The first-order chi connectivity index (χ1) is 10.2. The van der Waals surface area contributed by atoms with E-state index in [0.29, 0.717) is 12.2 Å². The molecule has 0 fully saturated rings. The van der Waals surface area contributed by atoms with Crippen LogP contribution >= 0.6 is 0 Å². The van der Waals surface area contributed by atoms with Gasteiger partial charge in [-0.15, -0.1) is 0 Å². The molecule has 5 nitrogen and oxygen atoms in total. The van der Waals surface area contributed by atoms with E-state index in [1.54, 1.807) is 6.20 Å². The van der Waals surface area contributed by atoms with E-state index in [1.165, 1.54) is 0 Å². The molecule has 2 heterocycles. The van der Waals surface area contributed by atoms with E-state index in [2.05, 4.69) is 20.5 Å². The van der Waals surface area contributed by atoms with Gasteiger partial charge in [-0.3, -0.25) is 14.9 Å². The molecular weight excluding hydrogens is 264 g/mol. The van der Waals surface area contributed by atoms with Gasteiger partial charge in [-0.25, -0.2) is 0 Å². The molecule has 5 heteroatoms. The maximum Gasteiger partial charge on any atom is 0.270 e. The van der Waals surface area contributed by atoms with Crippen LogP contribution in [-0.4, -0.2) is 21.1 Å². The summed E-state index contributed by atoms with van der Waals surface area (Å²) in [5, 5.41) is 11.8. The Balaban J connectivity index is 1.85. The Bertz CT molecular complexity index is 782. The van der Waals surface area contributed by atoms with Crippen molar-refractivity contribution in [1.29, 1.82) is 0 Å². The van der Waals surface area contributed by atoms with Crippen molar-refractivity contribution in [3.05, 3.63) is 59.2 Å². The summed E-state index contributed by atoms with van der Waals surface area (Å²) < 4.78 is 0. The zero-order valence-corrected chi connectivity index (χ0v) is 12.0. The molecule has 0 radical (unpaired) electrons. The SMILES string of the molecule is Cc1n[nH]c(C)c1CNC(=O)c1nccc2ccccc12. The maximum atomic E-state index is 12.4. The number of fused-ring (bicyclic) bond motifs is 1. The minimum absolute atomic E-state index is 0.174. The van der Waals surface area contributed by atoms with E-state index >= 15 is 0 Å². The number of benzene rings is 1. The molecule has 0 atom stereocenters. The Morgan fingerprint density at radius 2 is 2.05 bits per heavy atom. The lowest BCUT2D eigenvalue weighted by Crippen LogP contribution is -2.24.